The minimum Gasteiger partial charge on any atom is -0.376 e. The third kappa shape index (κ3) is 7.50. The van der Waals surface area contributed by atoms with Gasteiger partial charge in [0, 0.05) is 13.0 Å². The van der Waals surface area contributed by atoms with Gasteiger partial charge in [-0.15, -0.1) is 0 Å². The van der Waals surface area contributed by atoms with Crippen LogP contribution in [0, 0.1) is 0 Å². The average Bonchev–Trinajstić information content (AvgIpc) is 2.33. The molecule has 18 heavy (non-hydrogen) atoms. The number of carbonyl (C=O) groups is 1. The van der Waals surface area contributed by atoms with Crippen LogP contribution in [0.25, 0.3) is 0 Å². The van der Waals surface area contributed by atoms with Crippen molar-refractivity contribution >= 4 is 5.91 Å². The first kappa shape index (κ1) is 15.2. The van der Waals surface area contributed by atoms with Crippen molar-refractivity contribution in [3.63, 3.8) is 0 Å². The summed E-state index contributed by atoms with van der Waals surface area (Å²) < 4.78 is 41.0. The van der Waals surface area contributed by atoms with Crippen LogP contribution < -0.4 is 10.6 Å². The predicted octanol–water partition coefficient (Wildman–Crippen LogP) is 1.21. The summed E-state index contributed by atoms with van der Waals surface area (Å²) in [6.45, 7) is 2.45. The van der Waals surface area contributed by atoms with E-state index in [9.17, 15) is 18.0 Å². The van der Waals surface area contributed by atoms with Gasteiger partial charge in [0.25, 0.3) is 0 Å². The molecule has 7 heteroatoms. The molecule has 0 aliphatic carbocycles. The van der Waals surface area contributed by atoms with Crippen molar-refractivity contribution in [3.05, 3.63) is 0 Å². The molecule has 0 aromatic carbocycles. The predicted molar refractivity (Wildman–Crippen MR) is 60.1 cm³/mol. The van der Waals surface area contributed by atoms with Crippen LogP contribution in [0.2, 0.25) is 0 Å². The minimum atomic E-state index is -4.27. The highest BCUT2D eigenvalue weighted by molar-refractivity contribution is 5.75. The number of carbonyl (C=O) groups excluding carboxylic acids is 1. The molecule has 0 spiro atoms. The Hall–Kier alpha value is -0.820. The van der Waals surface area contributed by atoms with E-state index >= 15 is 0 Å². The van der Waals surface area contributed by atoms with Gasteiger partial charge in [-0.2, -0.15) is 13.2 Å². The van der Waals surface area contributed by atoms with Crippen molar-refractivity contribution in [2.45, 2.75) is 38.0 Å². The van der Waals surface area contributed by atoms with Crippen molar-refractivity contribution in [3.8, 4) is 0 Å². The zero-order valence-electron chi connectivity index (χ0n) is 10.2. The molecule has 1 saturated heterocycles. The molecule has 0 atom stereocenters. The van der Waals surface area contributed by atoms with Crippen molar-refractivity contribution in [2.75, 3.05) is 26.2 Å². The summed E-state index contributed by atoms with van der Waals surface area (Å²) in [4.78, 5) is 11.1. The smallest absolute Gasteiger partial charge is 0.376 e. The summed E-state index contributed by atoms with van der Waals surface area (Å²) in [5.41, 5.74) is 0. The Balaban J connectivity index is 1.98. The lowest BCUT2D eigenvalue weighted by molar-refractivity contribution is -0.144. The fraction of sp³-hybridized carbons (Fsp3) is 0.909. The van der Waals surface area contributed by atoms with Crippen LogP contribution in [0.1, 0.15) is 25.7 Å². The van der Waals surface area contributed by atoms with Gasteiger partial charge in [-0.05, 0) is 25.9 Å². The molecule has 1 heterocycles. The van der Waals surface area contributed by atoms with Crippen molar-refractivity contribution in [1.82, 2.24) is 10.6 Å². The van der Waals surface area contributed by atoms with Gasteiger partial charge in [0.05, 0.1) is 19.1 Å². The maximum atomic E-state index is 11.8. The Bertz CT molecular complexity index is 253. The summed E-state index contributed by atoms with van der Waals surface area (Å²) in [5.74, 6) is -0.582. The lowest BCUT2D eigenvalue weighted by Crippen LogP contribution is -2.35. The molecular formula is C11H19F3N2O2. The van der Waals surface area contributed by atoms with Gasteiger partial charge in [0.1, 0.15) is 0 Å². The Morgan fingerprint density at radius 1 is 1.33 bits per heavy atom. The molecule has 0 bridgehead atoms. The molecule has 106 valence electrons. The van der Waals surface area contributed by atoms with Gasteiger partial charge in [-0.3, -0.25) is 4.79 Å². The molecular weight excluding hydrogens is 249 g/mol. The van der Waals surface area contributed by atoms with Crippen LogP contribution >= 0.6 is 0 Å². The van der Waals surface area contributed by atoms with E-state index in [-0.39, 0.29) is 12.6 Å². The van der Waals surface area contributed by atoms with Crippen molar-refractivity contribution < 1.29 is 22.7 Å². The first-order valence-electron chi connectivity index (χ1n) is 6.13. The Labute approximate surface area is 104 Å². The molecule has 1 fully saturated rings. The van der Waals surface area contributed by atoms with Crippen LogP contribution in [0.4, 0.5) is 13.2 Å². The van der Waals surface area contributed by atoms with Gasteiger partial charge >= 0.3 is 6.18 Å². The van der Waals surface area contributed by atoms with Crippen LogP contribution in [-0.4, -0.2) is 44.4 Å². The Kier molecular flexibility index (Phi) is 6.42. The number of piperidine rings is 1. The highest BCUT2D eigenvalue weighted by Crippen LogP contribution is 2.20. The fourth-order valence-electron chi connectivity index (χ4n) is 1.72. The van der Waals surface area contributed by atoms with Gasteiger partial charge < -0.3 is 15.4 Å². The van der Waals surface area contributed by atoms with Gasteiger partial charge in [0.15, 0.2) is 0 Å². The van der Waals surface area contributed by atoms with E-state index in [1.165, 1.54) is 0 Å². The summed E-state index contributed by atoms with van der Waals surface area (Å²) in [7, 11) is 0. The zero-order valence-corrected chi connectivity index (χ0v) is 10.2. The average molecular weight is 268 g/mol. The van der Waals surface area contributed by atoms with E-state index in [1.54, 1.807) is 0 Å². The van der Waals surface area contributed by atoms with E-state index in [0.717, 1.165) is 25.9 Å². The van der Waals surface area contributed by atoms with Crippen molar-refractivity contribution in [1.29, 1.82) is 0 Å². The number of ether oxygens (including phenoxy) is 1. The monoisotopic (exact) mass is 268 g/mol. The lowest BCUT2D eigenvalue weighted by atomic mass is 10.1. The molecule has 0 radical (unpaired) electrons. The Morgan fingerprint density at radius 3 is 2.61 bits per heavy atom. The van der Waals surface area contributed by atoms with Gasteiger partial charge in [-0.25, -0.2) is 0 Å². The molecule has 1 rings (SSSR count). The number of halogens is 3. The first-order chi connectivity index (χ1) is 8.47. The summed E-state index contributed by atoms with van der Waals surface area (Å²) in [6, 6.07) is 0. The van der Waals surface area contributed by atoms with Crippen LogP contribution in [0.5, 0.6) is 0 Å². The quantitative estimate of drug-likeness (QED) is 0.712. The molecule has 0 aromatic heterocycles. The van der Waals surface area contributed by atoms with Gasteiger partial charge in [0.2, 0.25) is 5.91 Å². The molecule has 0 unspecified atom stereocenters. The molecule has 1 aliphatic heterocycles. The number of rotatable bonds is 6. The topological polar surface area (TPSA) is 50.4 Å². The first-order valence-corrected chi connectivity index (χ1v) is 6.13. The molecule has 0 aromatic rings. The lowest BCUT2D eigenvalue weighted by Gasteiger charge is -2.22. The summed E-state index contributed by atoms with van der Waals surface area (Å²) in [6.07, 6.45) is -3.81. The summed E-state index contributed by atoms with van der Waals surface area (Å²) in [5, 5.41) is 5.61. The van der Waals surface area contributed by atoms with E-state index < -0.39 is 24.9 Å². The maximum absolute atomic E-state index is 11.8. The second-order valence-corrected chi connectivity index (χ2v) is 4.29. The third-order valence-corrected chi connectivity index (χ3v) is 2.70. The number of hydrogen-bond donors (Lipinski definition) is 2. The molecule has 4 nitrogen and oxygen atoms in total. The second-order valence-electron chi connectivity index (χ2n) is 4.29. The fourth-order valence-corrected chi connectivity index (χ4v) is 1.72. The van der Waals surface area contributed by atoms with E-state index in [4.69, 9.17) is 4.74 Å². The normalized spacial score (nSPS) is 17.7. The highest BCUT2D eigenvalue weighted by Gasteiger charge is 2.27. The summed E-state index contributed by atoms with van der Waals surface area (Å²) >= 11 is 0. The van der Waals surface area contributed by atoms with E-state index in [1.807, 2.05) is 0 Å². The van der Waals surface area contributed by atoms with Crippen LogP contribution in [-0.2, 0) is 9.53 Å². The zero-order chi connectivity index (χ0) is 13.4. The number of nitrogens with one attached hydrogen (secondary N) is 2. The molecule has 1 amide bonds. The minimum absolute atomic E-state index is 0.193. The van der Waals surface area contributed by atoms with Gasteiger partial charge in [-0.1, -0.05) is 0 Å². The molecule has 2 N–H and O–H groups in total. The number of hydrogen-bond acceptors (Lipinski definition) is 3. The Morgan fingerprint density at radius 2 is 2.00 bits per heavy atom. The SMILES string of the molecule is O=C(CCC(F)(F)F)NCCOC1CCNCC1. The largest absolute Gasteiger partial charge is 0.389 e. The maximum Gasteiger partial charge on any atom is 0.389 e. The number of alkyl halides is 3. The van der Waals surface area contributed by atoms with E-state index in [2.05, 4.69) is 10.6 Å². The number of amides is 1. The third-order valence-electron chi connectivity index (χ3n) is 2.70. The molecule has 0 saturated carbocycles. The van der Waals surface area contributed by atoms with Crippen molar-refractivity contribution in [2.24, 2.45) is 0 Å². The highest BCUT2D eigenvalue weighted by atomic mass is 19.4. The van der Waals surface area contributed by atoms with Crippen LogP contribution in [0.15, 0.2) is 0 Å². The van der Waals surface area contributed by atoms with Crippen LogP contribution in [0.3, 0.4) is 0 Å². The van der Waals surface area contributed by atoms with E-state index in [0.29, 0.717) is 6.61 Å². The standard InChI is InChI=1S/C11H19F3N2O2/c12-11(13,14)4-1-10(17)16-7-8-18-9-2-5-15-6-3-9/h9,15H,1-8H2,(H,16,17). The molecule has 1 aliphatic rings. The second kappa shape index (κ2) is 7.58.